The Morgan fingerprint density at radius 2 is 1.76 bits per heavy atom. The van der Waals surface area contributed by atoms with Crippen LogP contribution in [0.2, 0.25) is 0 Å². The van der Waals surface area contributed by atoms with Crippen molar-refractivity contribution < 1.29 is 0 Å². The van der Waals surface area contributed by atoms with Crippen molar-refractivity contribution in [1.29, 1.82) is 0 Å². The molecule has 1 unspecified atom stereocenters. The van der Waals surface area contributed by atoms with Gasteiger partial charge >= 0.3 is 0 Å². The molecule has 17 heavy (non-hydrogen) atoms. The fraction of sp³-hybridized carbons (Fsp3) is 0.429. The summed E-state index contributed by atoms with van der Waals surface area (Å²) < 4.78 is 0. The van der Waals surface area contributed by atoms with E-state index in [0.717, 1.165) is 13.1 Å². The molecule has 0 saturated carbocycles. The van der Waals surface area contributed by atoms with Crippen molar-refractivity contribution in [2.24, 2.45) is 0 Å². The Morgan fingerprint density at radius 1 is 1.12 bits per heavy atom. The van der Waals surface area contributed by atoms with E-state index in [1.807, 2.05) is 6.20 Å². The number of hydrogen-bond donors (Lipinski definition) is 2. The predicted molar refractivity (Wildman–Crippen MR) is 72.8 cm³/mol. The number of rotatable bonds is 4. The second-order valence-corrected chi connectivity index (χ2v) is 4.37. The maximum Gasteiger partial charge on any atom is 0.0734 e. The van der Waals surface area contributed by atoms with E-state index in [0.29, 0.717) is 6.04 Å². The van der Waals surface area contributed by atoms with Crippen molar-refractivity contribution in [1.82, 2.24) is 10.9 Å². The molecule has 92 valence electrons. The molecule has 1 atom stereocenters. The summed E-state index contributed by atoms with van der Waals surface area (Å²) in [6, 6.07) is 9.12. The standard InChI is InChI=1S/C14H21N3/c1-4-17(5-2)13-8-6-12(7-9-13)14-11(3)10-15-16-14/h6-10,14-16H,4-5H2,1-3H3. The first kappa shape index (κ1) is 12.0. The third-order valence-corrected chi connectivity index (χ3v) is 3.34. The van der Waals surface area contributed by atoms with Crippen molar-refractivity contribution >= 4 is 5.69 Å². The van der Waals surface area contributed by atoms with Crippen LogP contribution >= 0.6 is 0 Å². The molecule has 0 aliphatic carbocycles. The molecule has 0 spiro atoms. The Kier molecular flexibility index (Phi) is 3.69. The van der Waals surface area contributed by atoms with Gasteiger partial charge < -0.3 is 10.3 Å². The van der Waals surface area contributed by atoms with Gasteiger partial charge in [0.05, 0.1) is 6.04 Å². The molecule has 0 aromatic heterocycles. The highest BCUT2D eigenvalue weighted by atomic mass is 15.4. The van der Waals surface area contributed by atoms with Crippen LogP contribution in [0.3, 0.4) is 0 Å². The second-order valence-electron chi connectivity index (χ2n) is 4.37. The van der Waals surface area contributed by atoms with Gasteiger partial charge in [0.2, 0.25) is 0 Å². The van der Waals surface area contributed by atoms with Crippen LogP contribution in [-0.4, -0.2) is 13.1 Å². The minimum atomic E-state index is 0.306. The molecule has 2 rings (SSSR count). The van der Waals surface area contributed by atoms with Gasteiger partial charge in [0.15, 0.2) is 0 Å². The molecule has 1 heterocycles. The van der Waals surface area contributed by atoms with Crippen LogP contribution in [0.5, 0.6) is 0 Å². The van der Waals surface area contributed by atoms with Gasteiger partial charge in [-0.15, -0.1) is 0 Å². The maximum atomic E-state index is 3.24. The van der Waals surface area contributed by atoms with Crippen LogP contribution in [0.4, 0.5) is 5.69 Å². The lowest BCUT2D eigenvalue weighted by Gasteiger charge is -2.22. The van der Waals surface area contributed by atoms with E-state index in [1.165, 1.54) is 16.8 Å². The monoisotopic (exact) mass is 231 g/mol. The Bertz CT molecular complexity index is 390. The van der Waals surface area contributed by atoms with Crippen LogP contribution in [0.25, 0.3) is 0 Å². The number of anilines is 1. The molecular formula is C14H21N3. The van der Waals surface area contributed by atoms with E-state index in [-0.39, 0.29) is 0 Å². The highest BCUT2D eigenvalue weighted by Crippen LogP contribution is 2.25. The lowest BCUT2D eigenvalue weighted by Crippen LogP contribution is -2.25. The Morgan fingerprint density at radius 3 is 2.24 bits per heavy atom. The van der Waals surface area contributed by atoms with Gasteiger partial charge in [0.1, 0.15) is 0 Å². The first-order valence-electron chi connectivity index (χ1n) is 6.29. The number of hydrazine groups is 1. The number of benzene rings is 1. The highest BCUT2D eigenvalue weighted by Gasteiger charge is 2.16. The minimum absolute atomic E-state index is 0.306. The van der Waals surface area contributed by atoms with Gasteiger partial charge in [-0.2, -0.15) is 0 Å². The second kappa shape index (κ2) is 5.23. The summed E-state index contributed by atoms with van der Waals surface area (Å²) in [5, 5.41) is 0. The molecular weight excluding hydrogens is 210 g/mol. The summed E-state index contributed by atoms with van der Waals surface area (Å²) in [6.07, 6.45) is 2.02. The fourth-order valence-corrected chi connectivity index (χ4v) is 2.25. The zero-order valence-electron chi connectivity index (χ0n) is 10.8. The van der Waals surface area contributed by atoms with Gasteiger partial charge in [-0.25, -0.2) is 5.43 Å². The smallest absolute Gasteiger partial charge is 0.0734 e. The summed E-state index contributed by atoms with van der Waals surface area (Å²) >= 11 is 0. The molecule has 2 N–H and O–H groups in total. The normalized spacial score (nSPS) is 18.8. The van der Waals surface area contributed by atoms with Crippen LogP contribution in [0.1, 0.15) is 32.4 Å². The first-order valence-corrected chi connectivity index (χ1v) is 6.29. The van der Waals surface area contributed by atoms with Crippen LogP contribution in [-0.2, 0) is 0 Å². The summed E-state index contributed by atoms with van der Waals surface area (Å²) in [6.45, 7) is 8.62. The predicted octanol–water partition coefficient (Wildman–Crippen LogP) is 2.59. The molecule has 1 aromatic rings. The van der Waals surface area contributed by atoms with Gasteiger partial charge in [-0.05, 0) is 44.0 Å². The van der Waals surface area contributed by atoms with Crippen molar-refractivity contribution in [3.8, 4) is 0 Å². The lowest BCUT2D eigenvalue weighted by molar-refractivity contribution is 0.597. The van der Waals surface area contributed by atoms with Gasteiger partial charge in [-0.1, -0.05) is 12.1 Å². The topological polar surface area (TPSA) is 27.3 Å². The van der Waals surface area contributed by atoms with Gasteiger partial charge in [0, 0.05) is 25.0 Å². The summed E-state index contributed by atoms with van der Waals surface area (Å²) in [5.41, 5.74) is 10.2. The van der Waals surface area contributed by atoms with Crippen molar-refractivity contribution in [3.63, 3.8) is 0 Å². The Labute approximate surface area is 103 Å². The molecule has 0 amide bonds. The van der Waals surface area contributed by atoms with Gasteiger partial charge in [0.25, 0.3) is 0 Å². The molecule has 1 aromatic carbocycles. The summed E-state index contributed by atoms with van der Waals surface area (Å²) in [4.78, 5) is 2.35. The van der Waals surface area contributed by atoms with E-state index in [2.05, 4.69) is 60.8 Å². The average Bonchev–Trinajstić information content (AvgIpc) is 2.78. The van der Waals surface area contributed by atoms with Crippen LogP contribution in [0, 0.1) is 0 Å². The molecule has 0 bridgehead atoms. The maximum absolute atomic E-state index is 3.24. The highest BCUT2D eigenvalue weighted by molar-refractivity contribution is 5.48. The summed E-state index contributed by atoms with van der Waals surface area (Å²) in [5.74, 6) is 0. The molecule has 1 aliphatic rings. The quantitative estimate of drug-likeness (QED) is 0.834. The first-order chi connectivity index (χ1) is 8.26. The van der Waals surface area contributed by atoms with E-state index < -0.39 is 0 Å². The van der Waals surface area contributed by atoms with Crippen molar-refractivity contribution in [3.05, 3.63) is 41.6 Å². The SMILES string of the molecule is CCN(CC)c1ccc(C2NNC=C2C)cc1. The average molecular weight is 231 g/mol. The molecule has 1 aliphatic heterocycles. The lowest BCUT2D eigenvalue weighted by atomic mass is 10.0. The van der Waals surface area contributed by atoms with Crippen molar-refractivity contribution in [2.45, 2.75) is 26.8 Å². The van der Waals surface area contributed by atoms with Crippen molar-refractivity contribution in [2.75, 3.05) is 18.0 Å². The zero-order valence-corrected chi connectivity index (χ0v) is 10.8. The number of nitrogens with one attached hydrogen (secondary N) is 2. The fourth-order valence-electron chi connectivity index (χ4n) is 2.25. The van der Waals surface area contributed by atoms with E-state index in [4.69, 9.17) is 0 Å². The minimum Gasteiger partial charge on any atom is -0.372 e. The molecule has 3 nitrogen and oxygen atoms in total. The Balaban J connectivity index is 2.15. The molecule has 0 radical (unpaired) electrons. The summed E-state index contributed by atoms with van der Waals surface area (Å²) in [7, 11) is 0. The third-order valence-electron chi connectivity index (χ3n) is 3.34. The zero-order chi connectivity index (χ0) is 12.3. The van der Waals surface area contributed by atoms with Gasteiger partial charge in [-0.3, -0.25) is 0 Å². The molecule has 3 heteroatoms. The molecule has 0 fully saturated rings. The van der Waals surface area contributed by atoms with E-state index in [1.54, 1.807) is 0 Å². The largest absolute Gasteiger partial charge is 0.372 e. The third kappa shape index (κ3) is 2.44. The van der Waals surface area contributed by atoms with E-state index in [9.17, 15) is 0 Å². The number of nitrogens with zero attached hydrogens (tertiary/aromatic N) is 1. The van der Waals surface area contributed by atoms with E-state index >= 15 is 0 Å². The number of hydrogen-bond acceptors (Lipinski definition) is 3. The van der Waals surface area contributed by atoms with Crippen LogP contribution < -0.4 is 15.8 Å². The molecule has 0 saturated heterocycles. The Hall–Kier alpha value is -1.48. The van der Waals surface area contributed by atoms with Crippen LogP contribution in [0.15, 0.2) is 36.0 Å².